The predicted molar refractivity (Wildman–Crippen MR) is 81.7 cm³/mol. The molecule has 0 aliphatic rings. The highest BCUT2D eigenvalue weighted by molar-refractivity contribution is 6.13. The van der Waals surface area contributed by atoms with Gasteiger partial charge in [0.2, 0.25) is 0 Å². The van der Waals surface area contributed by atoms with Gasteiger partial charge in [-0.25, -0.2) is 4.79 Å². The summed E-state index contributed by atoms with van der Waals surface area (Å²) in [6.07, 6.45) is -0.566. The molecule has 0 bridgehead atoms. The lowest BCUT2D eigenvalue weighted by molar-refractivity contribution is 0.103. The Labute approximate surface area is 123 Å². The number of benzene rings is 2. The van der Waals surface area contributed by atoms with Crippen LogP contribution in [0.4, 0.5) is 10.5 Å². The Morgan fingerprint density at radius 3 is 2.48 bits per heavy atom. The average Bonchev–Trinajstić information content (AvgIpc) is 2.49. The Morgan fingerprint density at radius 1 is 1.10 bits per heavy atom. The molecule has 4 nitrogen and oxygen atoms in total. The van der Waals surface area contributed by atoms with E-state index in [1.54, 1.807) is 31.2 Å². The van der Waals surface area contributed by atoms with E-state index in [-0.39, 0.29) is 12.4 Å². The molecule has 1 amide bonds. The summed E-state index contributed by atoms with van der Waals surface area (Å²) in [4.78, 5) is 24.1. The van der Waals surface area contributed by atoms with E-state index in [0.717, 1.165) is 5.56 Å². The van der Waals surface area contributed by atoms with Crippen LogP contribution in [-0.4, -0.2) is 18.5 Å². The second kappa shape index (κ2) is 6.70. The van der Waals surface area contributed by atoms with Crippen molar-refractivity contribution in [2.24, 2.45) is 0 Å². The number of hydrogen-bond acceptors (Lipinski definition) is 3. The second-order valence-electron chi connectivity index (χ2n) is 4.59. The van der Waals surface area contributed by atoms with Crippen molar-refractivity contribution in [2.45, 2.75) is 13.8 Å². The highest BCUT2D eigenvalue weighted by Gasteiger charge is 2.15. The lowest BCUT2D eigenvalue weighted by Gasteiger charge is -2.11. The standard InChI is InChI=1S/C17H17NO3/c1-3-21-17(20)18-15-10-9-12(2)11-14(15)16(19)13-7-5-4-6-8-13/h4-11H,3H2,1-2H3,(H,18,20). The Balaban J connectivity index is 2.35. The number of hydrogen-bond donors (Lipinski definition) is 1. The van der Waals surface area contributed by atoms with E-state index in [9.17, 15) is 9.59 Å². The summed E-state index contributed by atoms with van der Waals surface area (Å²) >= 11 is 0. The van der Waals surface area contributed by atoms with Gasteiger partial charge in [0.15, 0.2) is 5.78 Å². The van der Waals surface area contributed by atoms with E-state index in [1.807, 2.05) is 31.2 Å². The number of amides is 1. The molecule has 108 valence electrons. The van der Waals surface area contributed by atoms with Gasteiger partial charge in [-0.05, 0) is 26.0 Å². The zero-order valence-electron chi connectivity index (χ0n) is 12.1. The molecule has 0 saturated heterocycles. The zero-order valence-corrected chi connectivity index (χ0v) is 12.1. The van der Waals surface area contributed by atoms with Crippen molar-refractivity contribution in [1.82, 2.24) is 0 Å². The minimum atomic E-state index is -0.566. The van der Waals surface area contributed by atoms with Crippen LogP contribution in [0.5, 0.6) is 0 Å². The molecule has 1 N–H and O–H groups in total. The molecule has 2 aromatic carbocycles. The monoisotopic (exact) mass is 283 g/mol. The molecule has 2 aromatic rings. The quantitative estimate of drug-likeness (QED) is 0.868. The van der Waals surface area contributed by atoms with Crippen molar-refractivity contribution >= 4 is 17.6 Å². The maximum absolute atomic E-state index is 12.6. The number of carbonyl (C=O) groups is 2. The van der Waals surface area contributed by atoms with Gasteiger partial charge in [0.1, 0.15) is 0 Å². The molecule has 0 saturated carbocycles. The number of anilines is 1. The van der Waals surface area contributed by atoms with Gasteiger partial charge in [-0.3, -0.25) is 10.1 Å². The van der Waals surface area contributed by atoms with Gasteiger partial charge in [0, 0.05) is 11.1 Å². The third-order valence-electron chi connectivity index (χ3n) is 2.97. The van der Waals surface area contributed by atoms with Crippen molar-refractivity contribution < 1.29 is 14.3 Å². The van der Waals surface area contributed by atoms with E-state index in [4.69, 9.17) is 4.74 Å². The first-order valence-electron chi connectivity index (χ1n) is 6.76. The third-order valence-corrected chi connectivity index (χ3v) is 2.97. The van der Waals surface area contributed by atoms with Crippen LogP contribution in [0.2, 0.25) is 0 Å². The van der Waals surface area contributed by atoms with Gasteiger partial charge in [-0.1, -0.05) is 42.0 Å². The molecular weight excluding hydrogens is 266 g/mol. The van der Waals surface area contributed by atoms with Gasteiger partial charge in [0.05, 0.1) is 12.3 Å². The molecule has 0 radical (unpaired) electrons. The number of ether oxygens (including phenoxy) is 1. The molecule has 4 heteroatoms. The molecular formula is C17H17NO3. The molecule has 0 aliphatic heterocycles. The van der Waals surface area contributed by atoms with Crippen LogP contribution in [0.25, 0.3) is 0 Å². The van der Waals surface area contributed by atoms with Crippen LogP contribution >= 0.6 is 0 Å². The third kappa shape index (κ3) is 3.69. The maximum Gasteiger partial charge on any atom is 0.411 e. The van der Waals surface area contributed by atoms with Crippen LogP contribution in [-0.2, 0) is 4.74 Å². The summed E-state index contributed by atoms with van der Waals surface area (Å²) in [5, 5.41) is 2.61. The van der Waals surface area contributed by atoms with Gasteiger partial charge in [0.25, 0.3) is 0 Å². The highest BCUT2D eigenvalue weighted by atomic mass is 16.5. The minimum absolute atomic E-state index is 0.133. The summed E-state index contributed by atoms with van der Waals surface area (Å²) in [5.74, 6) is -0.133. The van der Waals surface area contributed by atoms with Crippen molar-refractivity contribution in [3.05, 3.63) is 65.2 Å². The first kappa shape index (κ1) is 14.8. The Bertz CT molecular complexity index is 650. The molecule has 0 aliphatic carbocycles. The molecule has 0 fully saturated rings. The fourth-order valence-corrected chi connectivity index (χ4v) is 1.98. The summed E-state index contributed by atoms with van der Waals surface area (Å²) in [5.41, 5.74) is 2.43. The number of rotatable bonds is 4. The minimum Gasteiger partial charge on any atom is -0.450 e. The fraction of sp³-hybridized carbons (Fsp3) is 0.176. The summed E-state index contributed by atoms with van der Waals surface area (Å²) in [6, 6.07) is 14.3. The summed E-state index contributed by atoms with van der Waals surface area (Å²) in [7, 11) is 0. The first-order valence-corrected chi connectivity index (χ1v) is 6.76. The van der Waals surface area contributed by atoms with Crippen molar-refractivity contribution in [3.8, 4) is 0 Å². The van der Waals surface area contributed by atoms with E-state index < -0.39 is 6.09 Å². The largest absolute Gasteiger partial charge is 0.450 e. The van der Waals surface area contributed by atoms with Gasteiger partial charge < -0.3 is 4.74 Å². The highest BCUT2D eigenvalue weighted by Crippen LogP contribution is 2.21. The lowest BCUT2D eigenvalue weighted by atomic mass is 10.00. The SMILES string of the molecule is CCOC(=O)Nc1ccc(C)cc1C(=O)c1ccccc1. The lowest BCUT2D eigenvalue weighted by Crippen LogP contribution is -2.16. The van der Waals surface area contributed by atoms with Crippen molar-refractivity contribution in [1.29, 1.82) is 0 Å². The molecule has 0 atom stereocenters. The topological polar surface area (TPSA) is 55.4 Å². The molecule has 0 heterocycles. The summed E-state index contributed by atoms with van der Waals surface area (Å²) < 4.78 is 4.86. The van der Waals surface area contributed by atoms with E-state index in [0.29, 0.717) is 16.8 Å². The Kier molecular flexibility index (Phi) is 4.72. The molecule has 0 aromatic heterocycles. The predicted octanol–water partition coefficient (Wildman–Crippen LogP) is 3.79. The van der Waals surface area contributed by atoms with Crippen LogP contribution in [0, 0.1) is 6.92 Å². The normalized spacial score (nSPS) is 10.0. The molecule has 21 heavy (non-hydrogen) atoms. The van der Waals surface area contributed by atoms with Crippen LogP contribution in [0.3, 0.4) is 0 Å². The van der Waals surface area contributed by atoms with Gasteiger partial charge >= 0.3 is 6.09 Å². The van der Waals surface area contributed by atoms with Crippen LogP contribution in [0.1, 0.15) is 28.4 Å². The van der Waals surface area contributed by atoms with Crippen LogP contribution in [0.15, 0.2) is 48.5 Å². The van der Waals surface area contributed by atoms with E-state index in [2.05, 4.69) is 5.32 Å². The zero-order chi connectivity index (χ0) is 15.2. The molecule has 0 spiro atoms. The van der Waals surface area contributed by atoms with E-state index >= 15 is 0 Å². The fourth-order valence-electron chi connectivity index (χ4n) is 1.98. The average molecular weight is 283 g/mol. The number of ketones is 1. The van der Waals surface area contributed by atoms with Crippen molar-refractivity contribution in [2.75, 3.05) is 11.9 Å². The van der Waals surface area contributed by atoms with Crippen molar-refractivity contribution in [3.63, 3.8) is 0 Å². The Morgan fingerprint density at radius 2 is 1.81 bits per heavy atom. The first-order chi connectivity index (χ1) is 10.1. The number of aryl methyl sites for hydroxylation is 1. The second-order valence-corrected chi connectivity index (χ2v) is 4.59. The Hall–Kier alpha value is -2.62. The molecule has 2 rings (SSSR count). The molecule has 0 unspecified atom stereocenters. The number of carbonyl (C=O) groups excluding carboxylic acids is 2. The van der Waals surface area contributed by atoms with Gasteiger partial charge in [-0.2, -0.15) is 0 Å². The van der Waals surface area contributed by atoms with E-state index in [1.165, 1.54) is 0 Å². The smallest absolute Gasteiger partial charge is 0.411 e. The maximum atomic E-state index is 12.6. The van der Waals surface area contributed by atoms with Crippen LogP contribution < -0.4 is 5.32 Å². The van der Waals surface area contributed by atoms with Gasteiger partial charge in [-0.15, -0.1) is 0 Å². The summed E-state index contributed by atoms with van der Waals surface area (Å²) in [6.45, 7) is 3.90. The number of nitrogens with one attached hydrogen (secondary N) is 1.